The number of ether oxygens (including phenoxy) is 1. The minimum Gasteiger partial charge on any atom is -0.493 e. The fourth-order valence-electron chi connectivity index (χ4n) is 1.76. The Kier molecular flexibility index (Phi) is 4.62. The van der Waals surface area contributed by atoms with Crippen LogP contribution in [0, 0.1) is 0 Å². The summed E-state index contributed by atoms with van der Waals surface area (Å²) in [6, 6.07) is 0.574. The van der Waals surface area contributed by atoms with Gasteiger partial charge in [-0.3, -0.25) is 4.68 Å². The molecule has 0 radical (unpaired) electrons. The fourth-order valence-corrected chi connectivity index (χ4v) is 1.76. The molecule has 0 aliphatic rings. The van der Waals surface area contributed by atoms with E-state index in [1.165, 1.54) is 5.69 Å². The number of methoxy groups -OCH3 is 1. The van der Waals surface area contributed by atoms with Crippen molar-refractivity contribution in [1.82, 2.24) is 15.1 Å². The quantitative estimate of drug-likeness (QED) is 0.772. The van der Waals surface area contributed by atoms with E-state index in [9.17, 15) is 0 Å². The Morgan fingerprint density at radius 1 is 1.60 bits per heavy atom. The van der Waals surface area contributed by atoms with Crippen molar-refractivity contribution in [3.05, 3.63) is 11.9 Å². The summed E-state index contributed by atoms with van der Waals surface area (Å²) in [6.07, 6.45) is 5.04. The second-order valence-electron chi connectivity index (χ2n) is 3.72. The monoisotopic (exact) mass is 211 g/mol. The summed E-state index contributed by atoms with van der Waals surface area (Å²) < 4.78 is 7.15. The Balaban J connectivity index is 2.59. The molecule has 0 bridgehead atoms. The van der Waals surface area contributed by atoms with Crippen LogP contribution in [-0.2, 0) is 13.5 Å². The van der Waals surface area contributed by atoms with Crippen LogP contribution in [0.2, 0.25) is 0 Å². The van der Waals surface area contributed by atoms with Gasteiger partial charge in [0.05, 0.1) is 19.0 Å². The lowest BCUT2D eigenvalue weighted by Gasteiger charge is -2.13. The lowest BCUT2D eigenvalue weighted by molar-refractivity contribution is 0.404. The average molecular weight is 211 g/mol. The van der Waals surface area contributed by atoms with E-state index in [0.717, 1.165) is 25.0 Å². The van der Waals surface area contributed by atoms with E-state index in [-0.39, 0.29) is 0 Å². The SMILES string of the molecule is CCC(CCc1c(OC)cnn1C)NC. The molecule has 0 spiro atoms. The summed E-state index contributed by atoms with van der Waals surface area (Å²) in [5.74, 6) is 0.892. The van der Waals surface area contributed by atoms with E-state index >= 15 is 0 Å². The van der Waals surface area contributed by atoms with Gasteiger partial charge in [0.15, 0.2) is 5.75 Å². The summed E-state index contributed by atoms with van der Waals surface area (Å²) in [5, 5.41) is 7.49. The molecule has 1 atom stereocenters. The van der Waals surface area contributed by atoms with E-state index in [1.54, 1.807) is 13.3 Å². The Hall–Kier alpha value is -1.03. The van der Waals surface area contributed by atoms with E-state index in [1.807, 2.05) is 18.8 Å². The van der Waals surface area contributed by atoms with Gasteiger partial charge >= 0.3 is 0 Å². The minimum absolute atomic E-state index is 0.574. The molecular weight excluding hydrogens is 190 g/mol. The van der Waals surface area contributed by atoms with Gasteiger partial charge in [-0.25, -0.2) is 0 Å². The standard InChI is InChI=1S/C11H21N3O/c1-5-9(12-2)6-7-10-11(15-4)8-13-14(10)3/h8-9,12H,5-7H2,1-4H3. The minimum atomic E-state index is 0.574. The number of nitrogens with one attached hydrogen (secondary N) is 1. The number of aryl methyl sites for hydroxylation is 1. The van der Waals surface area contributed by atoms with Crippen LogP contribution in [0.5, 0.6) is 5.75 Å². The molecule has 0 saturated carbocycles. The zero-order valence-electron chi connectivity index (χ0n) is 10.1. The number of hydrogen-bond donors (Lipinski definition) is 1. The number of rotatable bonds is 6. The van der Waals surface area contributed by atoms with Gasteiger partial charge in [-0.15, -0.1) is 0 Å². The first-order chi connectivity index (χ1) is 7.22. The van der Waals surface area contributed by atoms with Crippen molar-refractivity contribution in [2.45, 2.75) is 32.2 Å². The molecule has 1 aromatic rings. The van der Waals surface area contributed by atoms with Gasteiger partial charge in [0.25, 0.3) is 0 Å². The number of nitrogens with zero attached hydrogens (tertiary/aromatic N) is 2. The molecule has 15 heavy (non-hydrogen) atoms. The van der Waals surface area contributed by atoms with Crippen LogP contribution in [0.4, 0.5) is 0 Å². The van der Waals surface area contributed by atoms with Crippen LogP contribution in [0.3, 0.4) is 0 Å². The van der Waals surface area contributed by atoms with Gasteiger partial charge < -0.3 is 10.1 Å². The summed E-state index contributed by atoms with van der Waals surface area (Å²) in [5.41, 5.74) is 1.17. The highest BCUT2D eigenvalue weighted by Gasteiger charge is 2.11. The van der Waals surface area contributed by atoms with Crippen LogP contribution in [0.25, 0.3) is 0 Å². The summed E-state index contributed by atoms with van der Waals surface area (Å²) in [6.45, 7) is 2.20. The third-order valence-corrected chi connectivity index (χ3v) is 2.87. The Morgan fingerprint density at radius 2 is 2.33 bits per heavy atom. The predicted molar refractivity (Wildman–Crippen MR) is 61.2 cm³/mol. The van der Waals surface area contributed by atoms with Crippen molar-refractivity contribution in [2.75, 3.05) is 14.2 Å². The highest BCUT2D eigenvalue weighted by atomic mass is 16.5. The molecular formula is C11H21N3O. The van der Waals surface area contributed by atoms with Crippen LogP contribution in [0.1, 0.15) is 25.5 Å². The smallest absolute Gasteiger partial charge is 0.159 e. The summed E-state index contributed by atoms with van der Waals surface area (Å²) >= 11 is 0. The number of hydrogen-bond acceptors (Lipinski definition) is 3. The molecule has 86 valence electrons. The van der Waals surface area contributed by atoms with Crippen LogP contribution < -0.4 is 10.1 Å². The third-order valence-electron chi connectivity index (χ3n) is 2.87. The maximum Gasteiger partial charge on any atom is 0.159 e. The van der Waals surface area contributed by atoms with E-state index in [0.29, 0.717) is 6.04 Å². The summed E-state index contributed by atoms with van der Waals surface area (Å²) in [4.78, 5) is 0. The van der Waals surface area contributed by atoms with Gasteiger partial charge in [-0.2, -0.15) is 5.10 Å². The highest BCUT2D eigenvalue weighted by Crippen LogP contribution is 2.18. The molecule has 1 N–H and O–H groups in total. The van der Waals surface area contributed by atoms with Crippen LogP contribution in [-0.4, -0.2) is 30.0 Å². The second kappa shape index (κ2) is 5.75. The molecule has 0 aromatic carbocycles. The second-order valence-corrected chi connectivity index (χ2v) is 3.72. The van der Waals surface area contributed by atoms with Crippen LogP contribution >= 0.6 is 0 Å². The molecule has 0 saturated heterocycles. The van der Waals surface area contributed by atoms with Gasteiger partial charge in [0.1, 0.15) is 0 Å². The molecule has 0 amide bonds. The normalized spacial score (nSPS) is 12.8. The fraction of sp³-hybridized carbons (Fsp3) is 0.727. The van der Waals surface area contributed by atoms with Gasteiger partial charge in [0.2, 0.25) is 0 Å². The third kappa shape index (κ3) is 2.96. The van der Waals surface area contributed by atoms with Crippen molar-refractivity contribution in [1.29, 1.82) is 0 Å². The lowest BCUT2D eigenvalue weighted by atomic mass is 10.1. The molecule has 1 unspecified atom stereocenters. The van der Waals surface area contributed by atoms with Crippen molar-refractivity contribution in [3.63, 3.8) is 0 Å². The van der Waals surface area contributed by atoms with Crippen molar-refractivity contribution >= 4 is 0 Å². The average Bonchev–Trinajstić information content (AvgIpc) is 2.61. The molecule has 1 aromatic heterocycles. The molecule has 0 aliphatic heterocycles. The predicted octanol–water partition coefficient (Wildman–Crippen LogP) is 1.36. The van der Waals surface area contributed by atoms with Gasteiger partial charge in [-0.05, 0) is 26.3 Å². The van der Waals surface area contributed by atoms with Crippen molar-refractivity contribution in [2.24, 2.45) is 7.05 Å². The van der Waals surface area contributed by atoms with Gasteiger partial charge in [0, 0.05) is 13.1 Å². The maximum absolute atomic E-state index is 5.26. The first kappa shape index (κ1) is 12.0. The zero-order chi connectivity index (χ0) is 11.3. The molecule has 1 heterocycles. The first-order valence-corrected chi connectivity index (χ1v) is 5.45. The van der Waals surface area contributed by atoms with Crippen molar-refractivity contribution in [3.8, 4) is 5.75 Å². The Morgan fingerprint density at radius 3 is 2.87 bits per heavy atom. The Bertz CT molecular complexity index is 292. The zero-order valence-corrected chi connectivity index (χ0v) is 10.1. The highest BCUT2D eigenvalue weighted by molar-refractivity contribution is 5.25. The first-order valence-electron chi connectivity index (χ1n) is 5.45. The van der Waals surface area contributed by atoms with E-state index in [2.05, 4.69) is 17.3 Å². The maximum atomic E-state index is 5.26. The van der Waals surface area contributed by atoms with Crippen molar-refractivity contribution < 1.29 is 4.74 Å². The van der Waals surface area contributed by atoms with Gasteiger partial charge in [-0.1, -0.05) is 6.92 Å². The lowest BCUT2D eigenvalue weighted by Crippen LogP contribution is -2.25. The van der Waals surface area contributed by atoms with E-state index < -0.39 is 0 Å². The topological polar surface area (TPSA) is 39.1 Å². The Labute approximate surface area is 91.6 Å². The summed E-state index contributed by atoms with van der Waals surface area (Å²) in [7, 11) is 5.66. The van der Waals surface area contributed by atoms with Crippen LogP contribution in [0.15, 0.2) is 6.20 Å². The van der Waals surface area contributed by atoms with E-state index in [4.69, 9.17) is 4.74 Å². The molecule has 4 nitrogen and oxygen atoms in total. The molecule has 0 aliphatic carbocycles. The molecule has 4 heteroatoms. The number of aromatic nitrogens is 2. The molecule has 1 rings (SSSR count). The molecule has 0 fully saturated rings. The largest absolute Gasteiger partial charge is 0.493 e.